The van der Waals surface area contributed by atoms with Gasteiger partial charge in [0.15, 0.2) is 0 Å². The SMILES string of the molecule is CCCCCCCCc1ccc(-c2ccc(C(=O)N3CCC[C@H]3C(=O)OC)cc2)cc1. The van der Waals surface area contributed by atoms with Crippen molar-refractivity contribution in [2.45, 2.75) is 70.8 Å². The van der Waals surface area contributed by atoms with Gasteiger partial charge in [0.05, 0.1) is 7.11 Å². The van der Waals surface area contributed by atoms with Crippen molar-refractivity contribution in [3.05, 3.63) is 59.7 Å². The average Bonchev–Trinajstić information content (AvgIpc) is 3.31. The molecule has 2 aromatic rings. The standard InChI is InChI=1S/C27H35NO3/c1-3-4-5-6-7-8-10-21-12-14-22(15-13-21)23-16-18-24(19-17-23)26(29)28-20-9-11-25(28)27(30)31-2/h12-19,25H,3-11,20H2,1-2H3/t25-/m0/s1. The number of carbonyl (C=O) groups excluding carboxylic acids is 2. The summed E-state index contributed by atoms with van der Waals surface area (Å²) < 4.78 is 4.85. The predicted octanol–water partition coefficient (Wildman–Crippen LogP) is 6.03. The Morgan fingerprint density at radius 1 is 0.903 bits per heavy atom. The molecule has 2 aromatic carbocycles. The number of amides is 1. The number of rotatable bonds is 10. The van der Waals surface area contributed by atoms with E-state index in [9.17, 15) is 9.59 Å². The largest absolute Gasteiger partial charge is 0.467 e. The van der Waals surface area contributed by atoms with Crippen molar-refractivity contribution in [2.24, 2.45) is 0 Å². The Morgan fingerprint density at radius 3 is 2.16 bits per heavy atom. The van der Waals surface area contributed by atoms with Crippen molar-refractivity contribution in [1.82, 2.24) is 4.90 Å². The molecule has 166 valence electrons. The third kappa shape index (κ3) is 6.19. The maximum Gasteiger partial charge on any atom is 0.328 e. The number of unbranched alkanes of at least 4 members (excludes halogenated alkanes) is 5. The zero-order valence-electron chi connectivity index (χ0n) is 18.9. The molecule has 1 aliphatic rings. The van der Waals surface area contributed by atoms with Gasteiger partial charge in [-0.3, -0.25) is 4.79 Å². The smallest absolute Gasteiger partial charge is 0.328 e. The van der Waals surface area contributed by atoms with Crippen molar-refractivity contribution in [1.29, 1.82) is 0 Å². The Hall–Kier alpha value is -2.62. The van der Waals surface area contributed by atoms with Gasteiger partial charge in [-0.05, 0) is 54.5 Å². The average molecular weight is 422 g/mol. The van der Waals surface area contributed by atoms with Gasteiger partial charge in [-0.25, -0.2) is 4.79 Å². The molecule has 0 N–H and O–H groups in total. The lowest BCUT2D eigenvalue weighted by molar-refractivity contribution is -0.145. The van der Waals surface area contributed by atoms with E-state index in [1.165, 1.54) is 51.2 Å². The van der Waals surface area contributed by atoms with Crippen LogP contribution in [-0.2, 0) is 16.0 Å². The lowest BCUT2D eigenvalue weighted by atomic mass is 10.00. The number of hydrogen-bond donors (Lipinski definition) is 0. The molecule has 0 bridgehead atoms. The molecule has 31 heavy (non-hydrogen) atoms. The van der Waals surface area contributed by atoms with Crippen molar-refractivity contribution in [3.63, 3.8) is 0 Å². The number of esters is 1. The van der Waals surface area contributed by atoms with E-state index in [-0.39, 0.29) is 11.9 Å². The topological polar surface area (TPSA) is 46.6 Å². The first-order valence-corrected chi connectivity index (χ1v) is 11.7. The van der Waals surface area contributed by atoms with E-state index in [1.54, 1.807) is 4.90 Å². The van der Waals surface area contributed by atoms with E-state index < -0.39 is 6.04 Å². The summed E-state index contributed by atoms with van der Waals surface area (Å²) in [7, 11) is 1.37. The summed E-state index contributed by atoms with van der Waals surface area (Å²) in [6.45, 7) is 2.85. The molecule has 1 amide bonds. The number of ether oxygens (including phenoxy) is 1. The molecule has 3 rings (SSSR count). The zero-order chi connectivity index (χ0) is 22.1. The van der Waals surface area contributed by atoms with Crippen LogP contribution in [0.1, 0.15) is 74.2 Å². The third-order valence-electron chi connectivity index (χ3n) is 6.23. The van der Waals surface area contributed by atoms with Crippen LogP contribution in [0.2, 0.25) is 0 Å². The molecule has 0 aromatic heterocycles. The Labute approximate surface area is 186 Å². The Balaban J connectivity index is 1.56. The predicted molar refractivity (Wildman–Crippen MR) is 125 cm³/mol. The van der Waals surface area contributed by atoms with E-state index in [2.05, 4.69) is 31.2 Å². The minimum atomic E-state index is -0.462. The van der Waals surface area contributed by atoms with Crippen LogP contribution in [0.25, 0.3) is 11.1 Å². The fourth-order valence-electron chi connectivity index (χ4n) is 4.34. The Kier molecular flexibility index (Phi) is 8.69. The number of hydrogen-bond acceptors (Lipinski definition) is 3. The molecule has 1 aliphatic heterocycles. The minimum absolute atomic E-state index is 0.103. The lowest BCUT2D eigenvalue weighted by Crippen LogP contribution is -2.41. The molecular formula is C27H35NO3. The highest BCUT2D eigenvalue weighted by molar-refractivity contribution is 5.97. The van der Waals surface area contributed by atoms with Gasteiger partial charge in [0.2, 0.25) is 0 Å². The highest BCUT2D eigenvalue weighted by Gasteiger charge is 2.35. The monoisotopic (exact) mass is 421 g/mol. The van der Waals surface area contributed by atoms with E-state index in [0.29, 0.717) is 18.5 Å². The summed E-state index contributed by atoms with van der Waals surface area (Å²) >= 11 is 0. The molecule has 1 saturated heterocycles. The van der Waals surface area contributed by atoms with Crippen LogP contribution in [0.15, 0.2) is 48.5 Å². The second kappa shape index (κ2) is 11.7. The van der Waals surface area contributed by atoms with Crippen molar-refractivity contribution in [3.8, 4) is 11.1 Å². The molecule has 0 unspecified atom stereocenters. The first-order valence-electron chi connectivity index (χ1n) is 11.7. The van der Waals surface area contributed by atoms with Gasteiger partial charge in [-0.1, -0.05) is 75.4 Å². The Bertz CT molecular complexity index is 842. The van der Waals surface area contributed by atoms with Gasteiger partial charge in [0.1, 0.15) is 6.04 Å². The summed E-state index contributed by atoms with van der Waals surface area (Å²) in [6, 6.07) is 16.0. The fraction of sp³-hybridized carbons (Fsp3) is 0.481. The molecule has 1 fully saturated rings. The third-order valence-corrected chi connectivity index (χ3v) is 6.23. The summed E-state index contributed by atoms with van der Waals surface area (Å²) in [5.74, 6) is -0.433. The van der Waals surface area contributed by atoms with Crippen molar-refractivity contribution >= 4 is 11.9 Å². The summed E-state index contributed by atoms with van der Waals surface area (Å²) in [6.07, 6.45) is 10.5. The zero-order valence-corrected chi connectivity index (χ0v) is 18.9. The van der Waals surface area contributed by atoms with Crippen LogP contribution in [0.3, 0.4) is 0 Å². The minimum Gasteiger partial charge on any atom is -0.467 e. The van der Waals surface area contributed by atoms with Gasteiger partial charge >= 0.3 is 5.97 Å². The van der Waals surface area contributed by atoms with Crippen LogP contribution in [0.4, 0.5) is 0 Å². The van der Waals surface area contributed by atoms with Gasteiger partial charge in [-0.2, -0.15) is 0 Å². The number of carbonyl (C=O) groups is 2. The van der Waals surface area contributed by atoms with Crippen LogP contribution in [-0.4, -0.2) is 36.5 Å². The quantitative estimate of drug-likeness (QED) is 0.347. The van der Waals surface area contributed by atoms with Gasteiger partial charge < -0.3 is 9.64 Å². The van der Waals surface area contributed by atoms with Gasteiger partial charge in [-0.15, -0.1) is 0 Å². The number of benzene rings is 2. The highest BCUT2D eigenvalue weighted by atomic mass is 16.5. The van der Waals surface area contributed by atoms with Crippen LogP contribution < -0.4 is 0 Å². The maximum absolute atomic E-state index is 12.9. The second-order valence-corrected chi connectivity index (χ2v) is 8.47. The van der Waals surface area contributed by atoms with E-state index >= 15 is 0 Å². The fourth-order valence-corrected chi connectivity index (χ4v) is 4.34. The summed E-state index contributed by atoms with van der Waals surface area (Å²) in [5, 5.41) is 0. The number of aryl methyl sites for hydroxylation is 1. The molecule has 0 radical (unpaired) electrons. The lowest BCUT2D eigenvalue weighted by Gasteiger charge is -2.22. The normalized spacial score (nSPS) is 15.8. The van der Waals surface area contributed by atoms with E-state index in [1.807, 2.05) is 24.3 Å². The highest BCUT2D eigenvalue weighted by Crippen LogP contribution is 2.24. The van der Waals surface area contributed by atoms with Crippen LogP contribution in [0.5, 0.6) is 0 Å². The van der Waals surface area contributed by atoms with Crippen LogP contribution in [0, 0.1) is 0 Å². The molecule has 0 spiro atoms. The van der Waals surface area contributed by atoms with Gasteiger partial charge in [0, 0.05) is 12.1 Å². The molecule has 1 atom stereocenters. The molecule has 0 aliphatic carbocycles. The first-order chi connectivity index (χ1) is 15.1. The second-order valence-electron chi connectivity index (χ2n) is 8.47. The number of likely N-dealkylation sites (tertiary alicyclic amines) is 1. The first kappa shape index (κ1) is 23.1. The number of methoxy groups -OCH3 is 1. The molecule has 4 nitrogen and oxygen atoms in total. The summed E-state index contributed by atoms with van der Waals surface area (Å²) in [5.41, 5.74) is 4.24. The maximum atomic E-state index is 12.9. The molecule has 0 saturated carbocycles. The van der Waals surface area contributed by atoms with Gasteiger partial charge in [0.25, 0.3) is 5.91 Å². The number of nitrogens with zero attached hydrogens (tertiary/aromatic N) is 1. The van der Waals surface area contributed by atoms with Crippen molar-refractivity contribution in [2.75, 3.05) is 13.7 Å². The Morgan fingerprint density at radius 2 is 1.52 bits per heavy atom. The van der Waals surface area contributed by atoms with Crippen molar-refractivity contribution < 1.29 is 14.3 Å². The summed E-state index contributed by atoms with van der Waals surface area (Å²) in [4.78, 5) is 26.4. The molecule has 1 heterocycles. The molecular weight excluding hydrogens is 386 g/mol. The van der Waals surface area contributed by atoms with E-state index in [4.69, 9.17) is 4.74 Å². The molecule has 4 heteroatoms. The van der Waals surface area contributed by atoms with E-state index in [0.717, 1.165) is 24.0 Å². The van der Waals surface area contributed by atoms with Crippen LogP contribution >= 0.6 is 0 Å².